The van der Waals surface area contributed by atoms with Crippen molar-refractivity contribution in [1.82, 2.24) is 5.43 Å². The topological polar surface area (TPSA) is 38.0 Å². The smallest absolute Gasteiger partial charge is 0.0462 e. The third-order valence-corrected chi connectivity index (χ3v) is 4.04. The van der Waals surface area contributed by atoms with E-state index >= 15 is 0 Å². The fourth-order valence-corrected chi connectivity index (χ4v) is 2.87. The van der Waals surface area contributed by atoms with E-state index in [2.05, 4.69) is 36.6 Å². The lowest BCUT2D eigenvalue weighted by molar-refractivity contribution is 0.400. The second-order valence-corrected chi connectivity index (χ2v) is 5.20. The van der Waals surface area contributed by atoms with Crippen LogP contribution in [0, 0.1) is 5.92 Å². The summed E-state index contributed by atoms with van der Waals surface area (Å²) in [5.74, 6) is 6.57. The first-order chi connectivity index (χ1) is 8.33. The molecule has 17 heavy (non-hydrogen) atoms. The Morgan fingerprint density at radius 3 is 2.41 bits per heavy atom. The molecule has 0 amide bonds. The molecule has 0 saturated heterocycles. The average molecular weight is 232 g/mol. The van der Waals surface area contributed by atoms with E-state index in [0.717, 1.165) is 12.3 Å². The van der Waals surface area contributed by atoms with Crippen molar-refractivity contribution in [1.29, 1.82) is 0 Å². The van der Waals surface area contributed by atoms with Crippen molar-refractivity contribution in [2.75, 3.05) is 0 Å². The number of hydrazine groups is 1. The van der Waals surface area contributed by atoms with Crippen molar-refractivity contribution in [3.05, 3.63) is 35.4 Å². The molecule has 0 radical (unpaired) electrons. The Morgan fingerprint density at radius 2 is 1.88 bits per heavy atom. The number of aryl methyl sites for hydroxylation is 1. The predicted octanol–water partition coefficient (Wildman–Crippen LogP) is 3.33. The Morgan fingerprint density at radius 1 is 1.24 bits per heavy atom. The second kappa shape index (κ2) is 6.18. The third-order valence-electron chi connectivity index (χ3n) is 4.04. The van der Waals surface area contributed by atoms with Crippen molar-refractivity contribution in [3.63, 3.8) is 0 Å². The zero-order valence-electron chi connectivity index (χ0n) is 10.8. The molecule has 1 aromatic carbocycles. The van der Waals surface area contributed by atoms with E-state index < -0.39 is 0 Å². The molecule has 0 heterocycles. The molecule has 1 atom stereocenters. The number of rotatable bonds is 5. The van der Waals surface area contributed by atoms with Crippen LogP contribution in [0.2, 0.25) is 0 Å². The van der Waals surface area contributed by atoms with Crippen LogP contribution in [0.3, 0.4) is 0 Å². The predicted molar refractivity (Wildman–Crippen MR) is 72.5 cm³/mol. The Bertz CT molecular complexity index is 325. The molecule has 2 rings (SSSR count). The normalized spacial score (nSPS) is 18.5. The third kappa shape index (κ3) is 3.30. The summed E-state index contributed by atoms with van der Waals surface area (Å²) in [7, 11) is 0. The number of benzene rings is 1. The summed E-state index contributed by atoms with van der Waals surface area (Å²) in [5.41, 5.74) is 5.71. The summed E-state index contributed by atoms with van der Waals surface area (Å²) in [4.78, 5) is 0. The molecule has 0 aliphatic heterocycles. The molecule has 1 aliphatic rings. The summed E-state index contributed by atoms with van der Waals surface area (Å²) in [6, 6.07) is 9.20. The number of hydrogen-bond acceptors (Lipinski definition) is 2. The van der Waals surface area contributed by atoms with Gasteiger partial charge in [0.1, 0.15) is 0 Å². The molecule has 1 aromatic rings. The molecule has 94 valence electrons. The van der Waals surface area contributed by atoms with Gasteiger partial charge in [0, 0.05) is 6.04 Å². The molecule has 1 fully saturated rings. The van der Waals surface area contributed by atoms with E-state index in [0.29, 0.717) is 6.04 Å². The van der Waals surface area contributed by atoms with Gasteiger partial charge in [0.25, 0.3) is 0 Å². The summed E-state index contributed by atoms with van der Waals surface area (Å²) >= 11 is 0. The molecule has 1 saturated carbocycles. The summed E-state index contributed by atoms with van der Waals surface area (Å²) < 4.78 is 0. The van der Waals surface area contributed by atoms with E-state index in [1.54, 1.807) is 0 Å². The Balaban J connectivity index is 2.00. The SMILES string of the molecule is CCc1ccc(C(CC2CCCC2)NN)cc1. The van der Waals surface area contributed by atoms with E-state index in [1.807, 2.05) is 0 Å². The maximum atomic E-state index is 5.70. The largest absolute Gasteiger partial charge is 0.271 e. The number of hydrogen-bond donors (Lipinski definition) is 2. The zero-order chi connectivity index (χ0) is 12.1. The first-order valence-corrected chi connectivity index (χ1v) is 6.88. The Labute approximate surface area is 105 Å². The van der Waals surface area contributed by atoms with Crippen molar-refractivity contribution >= 4 is 0 Å². The number of nitrogens with one attached hydrogen (secondary N) is 1. The summed E-state index contributed by atoms with van der Waals surface area (Å²) in [5, 5.41) is 0. The van der Waals surface area contributed by atoms with Gasteiger partial charge in [-0.3, -0.25) is 11.3 Å². The van der Waals surface area contributed by atoms with Gasteiger partial charge >= 0.3 is 0 Å². The average Bonchev–Trinajstić information content (AvgIpc) is 2.89. The quantitative estimate of drug-likeness (QED) is 0.603. The lowest BCUT2D eigenvalue weighted by Crippen LogP contribution is -2.29. The van der Waals surface area contributed by atoms with Gasteiger partial charge in [0.2, 0.25) is 0 Å². The van der Waals surface area contributed by atoms with Crippen LogP contribution in [0.1, 0.15) is 56.2 Å². The van der Waals surface area contributed by atoms with Crippen LogP contribution < -0.4 is 11.3 Å². The highest BCUT2D eigenvalue weighted by molar-refractivity contribution is 5.25. The van der Waals surface area contributed by atoms with Gasteiger partial charge in [0.05, 0.1) is 0 Å². The van der Waals surface area contributed by atoms with Crippen molar-refractivity contribution in [3.8, 4) is 0 Å². The van der Waals surface area contributed by atoms with Gasteiger partial charge in [0.15, 0.2) is 0 Å². The monoisotopic (exact) mass is 232 g/mol. The van der Waals surface area contributed by atoms with Crippen LogP contribution in [-0.4, -0.2) is 0 Å². The molecule has 0 aromatic heterocycles. The van der Waals surface area contributed by atoms with Crippen LogP contribution in [0.5, 0.6) is 0 Å². The highest BCUT2D eigenvalue weighted by Gasteiger charge is 2.20. The van der Waals surface area contributed by atoms with Crippen LogP contribution in [0.25, 0.3) is 0 Å². The van der Waals surface area contributed by atoms with E-state index in [-0.39, 0.29) is 0 Å². The first kappa shape index (κ1) is 12.6. The van der Waals surface area contributed by atoms with Crippen LogP contribution in [-0.2, 0) is 6.42 Å². The second-order valence-electron chi connectivity index (χ2n) is 5.20. The number of nitrogens with two attached hydrogens (primary N) is 1. The van der Waals surface area contributed by atoms with Gasteiger partial charge in [-0.2, -0.15) is 0 Å². The molecule has 3 N–H and O–H groups in total. The van der Waals surface area contributed by atoms with Crippen molar-refractivity contribution < 1.29 is 0 Å². The molecular formula is C15H24N2. The fourth-order valence-electron chi connectivity index (χ4n) is 2.87. The first-order valence-electron chi connectivity index (χ1n) is 6.88. The highest BCUT2D eigenvalue weighted by Crippen LogP contribution is 2.32. The summed E-state index contributed by atoms with van der Waals surface area (Å²) in [6.07, 6.45) is 7.84. The molecule has 0 spiro atoms. The lowest BCUT2D eigenvalue weighted by Gasteiger charge is -2.20. The minimum absolute atomic E-state index is 0.323. The minimum Gasteiger partial charge on any atom is -0.271 e. The van der Waals surface area contributed by atoms with Gasteiger partial charge in [-0.15, -0.1) is 0 Å². The Kier molecular flexibility index (Phi) is 4.57. The van der Waals surface area contributed by atoms with E-state index in [4.69, 9.17) is 5.84 Å². The molecule has 2 nitrogen and oxygen atoms in total. The molecular weight excluding hydrogens is 208 g/mol. The molecule has 1 unspecified atom stereocenters. The van der Waals surface area contributed by atoms with Gasteiger partial charge in [-0.25, -0.2) is 0 Å². The van der Waals surface area contributed by atoms with Crippen LogP contribution >= 0.6 is 0 Å². The molecule has 0 bridgehead atoms. The lowest BCUT2D eigenvalue weighted by atomic mass is 9.93. The van der Waals surface area contributed by atoms with Gasteiger partial charge < -0.3 is 0 Å². The molecule has 2 heteroatoms. The maximum absolute atomic E-state index is 5.70. The van der Waals surface area contributed by atoms with Crippen molar-refractivity contribution in [2.24, 2.45) is 11.8 Å². The van der Waals surface area contributed by atoms with E-state index in [9.17, 15) is 0 Å². The van der Waals surface area contributed by atoms with Crippen molar-refractivity contribution in [2.45, 2.75) is 51.5 Å². The molecule has 1 aliphatic carbocycles. The zero-order valence-corrected chi connectivity index (χ0v) is 10.8. The fraction of sp³-hybridized carbons (Fsp3) is 0.600. The van der Waals surface area contributed by atoms with Gasteiger partial charge in [-0.05, 0) is 29.9 Å². The maximum Gasteiger partial charge on any atom is 0.0462 e. The Hall–Kier alpha value is -0.860. The van der Waals surface area contributed by atoms with Gasteiger partial charge in [-0.1, -0.05) is 56.9 Å². The summed E-state index contributed by atoms with van der Waals surface area (Å²) in [6.45, 7) is 2.19. The minimum atomic E-state index is 0.323. The van der Waals surface area contributed by atoms with Crippen LogP contribution in [0.4, 0.5) is 0 Å². The van der Waals surface area contributed by atoms with E-state index in [1.165, 1.54) is 43.2 Å². The highest BCUT2D eigenvalue weighted by atomic mass is 15.2. The standard InChI is InChI=1S/C15H24N2/c1-2-12-7-9-14(10-8-12)15(17-16)11-13-5-3-4-6-13/h7-10,13,15,17H,2-6,11,16H2,1H3. The van der Waals surface area contributed by atoms with Crippen LogP contribution in [0.15, 0.2) is 24.3 Å².